The molecule has 0 bridgehead atoms. The average Bonchev–Trinajstić information content (AvgIpc) is 2.94. The number of benzene rings is 1. The van der Waals surface area contributed by atoms with Gasteiger partial charge in [0, 0.05) is 12.6 Å². The molecule has 1 aliphatic carbocycles. The fraction of sp³-hybridized carbons (Fsp3) is 0.529. The summed E-state index contributed by atoms with van der Waals surface area (Å²) >= 11 is 0. The van der Waals surface area contributed by atoms with Crippen LogP contribution in [0.4, 0.5) is 0 Å². The number of amides is 2. The summed E-state index contributed by atoms with van der Waals surface area (Å²) in [7, 11) is 0. The number of fused-ring (bicyclic) bond motifs is 2. The Morgan fingerprint density at radius 3 is 2.38 bits per heavy atom. The molecule has 4 nitrogen and oxygen atoms in total. The second-order valence-electron chi connectivity index (χ2n) is 6.40. The summed E-state index contributed by atoms with van der Waals surface area (Å²) in [5.74, 6) is 0.308. The first-order valence-electron chi connectivity index (χ1n) is 7.91. The van der Waals surface area contributed by atoms with Crippen LogP contribution in [0, 0.1) is 0 Å². The molecule has 3 aliphatic rings. The largest absolute Gasteiger partial charge is 0.329 e. The lowest BCUT2D eigenvalue weighted by Crippen LogP contribution is -2.63. The van der Waals surface area contributed by atoms with Gasteiger partial charge >= 0.3 is 0 Å². The molecule has 0 saturated carbocycles. The Bertz CT molecular complexity index is 573. The highest BCUT2D eigenvalue weighted by Gasteiger charge is 2.43. The van der Waals surface area contributed by atoms with Crippen molar-refractivity contribution in [3.05, 3.63) is 35.4 Å². The van der Waals surface area contributed by atoms with Gasteiger partial charge < -0.3 is 9.80 Å². The Hall–Kier alpha value is -1.84. The van der Waals surface area contributed by atoms with Gasteiger partial charge in [-0.15, -0.1) is 0 Å². The van der Waals surface area contributed by atoms with E-state index in [0.29, 0.717) is 0 Å². The lowest BCUT2D eigenvalue weighted by molar-refractivity contribution is -0.159. The molecule has 1 unspecified atom stereocenters. The fourth-order valence-electron chi connectivity index (χ4n) is 4.06. The third-order valence-corrected chi connectivity index (χ3v) is 5.17. The van der Waals surface area contributed by atoms with Gasteiger partial charge in [-0.3, -0.25) is 9.59 Å². The van der Waals surface area contributed by atoms with Gasteiger partial charge in [-0.1, -0.05) is 24.3 Å². The predicted octanol–water partition coefficient (Wildman–Crippen LogP) is 1.38. The summed E-state index contributed by atoms with van der Waals surface area (Å²) in [6.07, 6.45) is 4.70. The third kappa shape index (κ3) is 2.04. The molecule has 0 radical (unpaired) electrons. The van der Waals surface area contributed by atoms with Crippen molar-refractivity contribution >= 4 is 11.8 Å². The topological polar surface area (TPSA) is 40.6 Å². The average molecular weight is 284 g/mol. The molecule has 2 saturated heterocycles. The van der Waals surface area contributed by atoms with Crippen molar-refractivity contribution in [2.24, 2.45) is 0 Å². The van der Waals surface area contributed by atoms with Crippen molar-refractivity contribution in [1.82, 2.24) is 9.80 Å². The normalized spacial score (nSPS) is 26.0. The lowest BCUT2D eigenvalue weighted by Gasteiger charge is -2.44. The Morgan fingerprint density at radius 2 is 1.67 bits per heavy atom. The van der Waals surface area contributed by atoms with Crippen LogP contribution in [-0.4, -0.2) is 46.8 Å². The van der Waals surface area contributed by atoms with E-state index in [2.05, 4.69) is 12.1 Å². The molecule has 0 aromatic heterocycles. The van der Waals surface area contributed by atoms with Gasteiger partial charge in [0.2, 0.25) is 11.8 Å². The number of carbonyl (C=O) groups is 2. The SMILES string of the molecule is O=C1C2CCCCN2C(=O)CN1C1Cc2ccccc2C1. The Labute approximate surface area is 124 Å². The zero-order chi connectivity index (χ0) is 14.4. The number of rotatable bonds is 1. The minimum Gasteiger partial charge on any atom is -0.329 e. The minimum absolute atomic E-state index is 0.134. The zero-order valence-electron chi connectivity index (χ0n) is 12.1. The van der Waals surface area contributed by atoms with Crippen molar-refractivity contribution in [2.45, 2.75) is 44.2 Å². The van der Waals surface area contributed by atoms with Gasteiger partial charge in [-0.25, -0.2) is 0 Å². The number of nitrogens with zero attached hydrogens (tertiary/aromatic N) is 2. The lowest BCUT2D eigenvalue weighted by atomic mass is 9.97. The van der Waals surface area contributed by atoms with Crippen molar-refractivity contribution in [2.75, 3.05) is 13.1 Å². The van der Waals surface area contributed by atoms with Crippen molar-refractivity contribution in [3.8, 4) is 0 Å². The summed E-state index contributed by atoms with van der Waals surface area (Å²) in [6.45, 7) is 1.03. The quantitative estimate of drug-likeness (QED) is 0.781. The predicted molar refractivity (Wildman–Crippen MR) is 78.7 cm³/mol. The third-order valence-electron chi connectivity index (χ3n) is 5.17. The van der Waals surface area contributed by atoms with E-state index < -0.39 is 0 Å². The standard InChI is InChI=1S/C17H20N2O2/c20-16-11-19(17(21)15-7-3-4-8-18(15)16)14-9-12-5-1-2-6-13(12)10-14/h1-2,5-6,14-15H,3-4,7-11H2. The smallest absolute Gasteiger partial charge is 0.246 e. The Balaban J connectivity index is 1.56. The first-order chi connectivity index (χ1) is 10.2. The number of hydrogen-bond donors (Lipinski definition) is 0. The van der Waals surface area contributed by atoms with Crippen LogP contribution in [0.15, 0.2) is 24.3 Å². The summed E-state index contributed by atoms with van der Waals surface area (Å²) in [5, 5.41) is 0. The van der Waals surface area contributed by atoms with Gasteiger partial charge in [-0.05, 0) is 43.2 Å². The first kappa shape index (κ1) is 12.9. The van der Waals surface area contributed by atoms with Crippen LogP contribution in [0.25, 0.3) is 0 Å². The Morgan fingerprint density at radius 1 is 0.952 bits per heavy atom. The van der Waals surface area contributed by atoms with E-state index in [1.807, 2.05) is 21.9 Å². The van der Waals surface area contributed by atoms with E-state index in [-0.39, 0.29) is 30.4 Å². The molecule has 2 fully saturated rings. The van der Waals surface area contributed by atoms with Crippen molar-refractivity contribution in [1.29, 1.82) is 0 Å². The van der Waals surface area contributed by atoms with E-state index in [0.717, 1.165) is 38.6 Å². The van der Waals surface area contributed by atoms with Crippen LogP contribution in [0.5, 0.6) is 0 Å². The summed E-state index contributed by atoms with van der Waals surface area (Å²) in [5.41, 5.74) is 2.66. The summed E-state index contributed by atoms with van der Waals surface area (Å²) in [4.78, 5) is 28.8. The second kappa shape index (κ2) is 4.86. The van der Waals surface area contributed by atoms with E-state index in [9.17, 15) is 9.59 Å². The van der Waals surface area contributed by atoms with Gasteiger partial charge in [-0.2, -0.15) is 0 Å². The van der Waals surface area contributed by atoms with Crippen molar-refractivity contribution < 1.29 is 9.59 Å². The van der Waals surface area contributed by atoms with E-state index in [1.165, 1.54) is 11.1 Å². The van der Waals surface area contributed by atoms with E-state index in [1.54, 1.807) is 0 Å². The molecule has 0 spiro atoms. The van der Waals surface area contributed by atoms with E-state index in [4.69, 9.17) is 0 Å². The molecule has 2 amide bonds. The molecular weight excluding hydrogens is 264 g/mol. The highest BCUT2D eigenvalue weighted by Crippen LogP contribution is 2.30. The molecule has 1 aromatic carbocycles. The number of hydrogen-bond acceptors (Lipinski definition) is 2. The zero-order valence-corrected chi connectivity index (χ0v) is 12.1. The number of piperidine rings is 1. The summed E-state index contributed by atoms with van der Waals surface area (Å²) < 4.78 is 0. The maximum absolute atomic E-state index is 12.8. The molecular formula is C17H20N2O2. The van der Waals surface area contributed by atoms with Gasteiger partial charge in [0.1, 0.15) is 12.6 Å². The highest BCUT2D eigenvalue weighted by molar-refractivity contribution is 5.95. The molecule has 4 rings (SSSR count). The first-order valence-corrected chi connectivity index (χ1v) is 7.91. The fourth-order valence-corrected chi connectivity index (χ4v) is 4.06. The highest BCUT2D eigenvalue weighted by atomic mass is 16.2. The van der Waals surface area contributed by atoms with Crippen LogP contribution < -0.4 is 0 Å². The molecule has 1 atom stereocenters. The second-order valence-corrected chi connectivity index (χ2v) is 6.40. The van der Waals surface area contributed by atoms with Gasteiger partial charge in [0.25, 0.3) is 0 Å². The monoisotopic (exact) mass is 284 g/mol. The maximum atomic E-state index is 12.8. The van der Waals surface area contributed by atoms with Crippen LogP contribution in [-0.2, 0) is 22.4 Å². The van der Waals surface area contributed by atoms with Crippen LogP contribution >= 0.6 is 0 Å². The van der Waals surface area contributed by atoms with E-state index >= 15 is 0 Å². The number of piperazine rings is 1. The number of carbonyl (C=O) groups excluding carboxylic acids is 2. The molecule has 1 aromatic rings. The van der Waals surface area contributed by atoms with Gasteiger partial charge in [0.15, 0.2) is 0 Å². The molecule has 2 aliphatic heterocycles. The minimum atomic E-state index is -0.191. The molecule has 0 N–H and O–H groups in total. The molecule has 4 heteroatoms. The van der Waals surface area contributed by atoms with Crippen LogP contribution in [0.2, 0.25) is 0 Å². The molecule has 110 valence electrons. The van der Waals surface area contributed by atoms with Crippen LogP contribution in [0.1, 0.15) is 30.4 Å². The van der Waals surface area contributed by atoms with Gasteiger partial charge in [0.05, 0.1) is 0 Å². The molecule has 2 heterocycles. The van der Waals surface area contributed by atoms with Crippen LogP contribution in [0.3, 0.4) is 0 Å². The Kier molecular flexibility index (Phi) is 2.98. The van der Waals surface area contributed by atoms with Crippen molar-refractivity contribution in [3.63, 3.8) is 0 Å². The summed E-state index contributed by atoms with van der Waals surface area (Å²) in [6, 6.07) is 8.35. The maximum Gasteiger partial charge on any atom is 0.246 e. The molecule has 21 heavy (non-hydrogen) atoms.